The zero-order valence-electron chi connectivity index (χ0n) is 13.4. The summed E-state index contributed by atoms with van der Waals surface area (Å²) in [6.07, 6.45) is 0.822. The van der Waals surface area contributed by atoms with Gasteiger partial charge < -0.3 is 10.6 Å². The van der Waals surface area contributed by atoms with E-state index in [0.717, 1.165) is 35.6 Å². The van der Waals surface area contributed by atoms with Gasteiger partial charge in [-0.25, -0.2) is 0 Å². The van der Waals surface area contributed by atoms with Gasteiger partial charge in [-0.1, -0.05) is 30.3 Å². The average Bonchev–Trinajstić information content (AvgIpc) is 2.93. The molecule has 3 heterocycles. The van der Waals surface area contributed by atoms with Gasteiger partial charge in [0.25, 0.3) is 5.91 Å². The predicted molar refractivity (Wildman–Crippen MR) is 93.8 cm³/mol. The number of hydrogen-bond donors (Lipinski definition) is 2. The average molecular weight is 327 g/mol. The number of amides is 1. The molecule has 4 nitrogen and oxygen atoms in total. The molecule has 0 spiro atoms. The fourth-order valence-electron chi connectivity index (χ4n) is 3.39. The van der Waals surface area contributed by atoms with Crippen LogP contribution in [0.25, 0.3) is 0 Å². The van der Waals surface area contributed by atoms with Crippen LogP contribution in [0.15, 0.2) is 30.3 Å². The van der Waals surface area contributed by atoms with Gasteiger partial charge in [0.05, 0.1) is 5.56 Å². The third kappa shape index (κ3) is 2.54. The summed E-state index contributed by atoms with van der Waals surface area (Å²) in [7, 11) is 0. The van der Waals surface area contributed by atoms with Gasteiger partial charge in [-0.2, -0.15) is 0 Å². The first-order valence-corrected chi connectivity index (χ1v) is 8.96. The van der Waals surface area contributed by atoms with Crippen molar-refractivity contribution < 1.29 is 4.79 Å². The lowest BCUT2D eigenvalue weighted by Crippen LogP contribution is -2.39. The summed E-state index contributed by atoms with van der Waals surface area (Å²) >= 11 is 1.75. The molecule has 2 aliphatic rings. The summed E-state index contributed by atoms with van der Waals surface area (Å²) < 4.78 is 0. The molecule has 2 N–H and O–H groups in total. The van der Waals surface area contributed by atoms with Crippen LogP contribution in [-0.4, -0.2) is 23.4 Å². The summed E-state index contributed by atoms with van der Waals surface area (Å²) in [6, 6.07) is 10.6. The Hall–Kier alpha value is -1.85. The number of carbonyl (C=O) groups excluding carboxylic acids is 1. The molecule has 0 saturated heterocycles. The number of rotatable bonds is 2. The minimum atomic E-state index is -0.141. The minimum Gasteiger partial charge on any atom is -0.353 e. The van der Waals surface area contributed by atoms with Crippen molar-refractivity contribution in [3.63, 3.8) is 0 Å². The standard InChI is InChI=1S/C18H21N3OS/c1-11(2)21-9-8-13-14(10-21)23-18-15(13)17(22)19-16(20-18)12-6-4-3-5-7-12/h3-7,11,16,20H,8-10H2,1-2H3,(H,19,22). The summed E-state index contributed by atoms with van der Waals surface area (Å²) in [4.78, 5) is 16.5. The zero-order chi connectivity index (χ0) is 16.0. The van der Waals surface area contributed by atoms with Gasteiger partial charge in [0.1, 0.15) is 11.2 Å². The molecule has 0 fully saturated rings. The van der Waals surface area contributed by atoms with Gasteiger partial charge in [0.2, 0.25) is 0 Å². The Balaban J connectivity index is 1.66. The maximum Gasteiger partial charge on any atom is 0.256 e. The molecular weight excluding hydrogens is 306 g/mol. The second kappa shape index (κ2) is 5.65. The van der Waals surface area contributed by atoms with Crippen LogP contribution >= 0.6 is 11.3 Å². The van der Waals surface area contributed by atoms with Gasteiger partial charge >= 0.3 is 0 Å². The van der Waals surface area contributed by atoms with Crippen molar-refractivity contribution in [2.45, 2.75) is 39.0 Å². The maximum absolute atomic E-state index is 12.7. The number of nitrogens with zero attached hydrogens (tertiary/aromatic N) is 1. The van der Waals surface area contributed by atoms with E-state index in [0.29, 0.717) is 6.04 Å². The normalized spacial score (nSPS) is 20.7. The molecule has 2 aliphatic heterocycles. The number of carbonyl (C=O) groups is 1. The van der Waals surface area contributed by atoms with E-state index < -0.39 is 0 Å². The zero-order valence-corrected chi connectivity index (χ0v) is 14.2. The first-order valence-electron chi connectivity index (χ1n) is 8.14. The summed E-state index contributed by atoms with van der Waals surface area (Å²) in [6.45, 7) is 6.45. The fourth-order valence-corrected chi connectivity index (χ4v) is 4.69. The van der Waals surface area contributed by atoms with Crippen molar-refractivity contribution in [3.8, 4) is 0 Å². The monoisotopic (exact) mass is 327 g/mol. The highest BCUT2D eigenvalue weighted by atomic mass is 32.1. The Morgan fingerprint density at radius 2 is 2.00 bits per heavy atom. The molecule has 0 bridgehead atoms. The Labute approximate surface area is 140 Å². The SMILES string of the molecule is CC(C)N1CCc2c(sc3c2C(=O)NC(c2ccccc2)N3)C1. The summed E-state index contributed by atoms with van der Waals surface area (Å²) in [5, 5.41) is 7.64. The van der Waals surface area contributed by atoms with Crippen LogP contribution in [0.4, 0.5) is 5.00 Å². The third-order valence-corrected chi connectivity index (χ3v) is 5.88. The van der Waals surface area contributed by atoms with Gasteiger partial charge in [-0.15, -0.1) is 11.3 Å². The van der Waals surface area contributed by atoms with Crippen molar-refractivity contribution in [2.24, 2.45) is 0 Å². The van der Waals surface area contributed by atoms with E-state index >= 15 is 0 Å². The molecule has 5 heteroatoms. The largest absolute Gasteiger partial charge is 0.353 e. The lowest BCUT2D eigenvalue weighted by Gasteiger charge is -2.30. The van der Waals surface area contributed by atoms with Gasteiger partial charge in [0.15, 0.2) is 0 Å². The van der Waals surface area contributed by atoms with Crippen LogP contribution < -0.4 is 10.6 Å². The van der Waals surface area contributed by atoms with Crippen LogP contribution in [0.1, 0.15) is 46.4 Å². The van der Waals surface area contributed by atoms with Crippen LogP contribution in [0.2, 0.25) is 0 Å². The molecule has 1 aromatic carbocycles. The highest BCUT2D eigenvalue weighted by Gasteiger charge is 2.33. The Bertz CT molecular complexity index is 738. The molecule has 23 heavy (non-hydrogen) atoms. The molecule has 4 rings (SSSR count). The molecule has 120 valence electrons. The smallest absolute Gasteiger partial charge is 0.256 e. The van der Waals surface area contributed by atoms with Gasteiger partial charge in [-0.05, 0) is 31.4 Å². The first kappa shape index (κ1) is 14.7. The number of fused-ring (bicyclic) bond motifs is 3. The number of nitrogens with one attached hydrogen (secondary N) is 2. The highest BCUT2D eigenvalue weighted by Crippen LogP contribution is 2.40. The molecule has 0 aliphatic carbocycles. The Morgan fingerprint density at radius 1 is 1.22 bits per heavy atom. The molecule has 0 saturated carbocycles. The van der Waals surface area contributed by atoms with E-state index in [4.69, 9.17) is 0 Å². The molecule has 0 radical (unpaired) electrons. The summed E-state index contributed by atoms with van der Waals surface area (Å²) in [5.41, 5.74) is 3.21. The number of thiophene rings is 1. The molecule has 1 aromatic heterocycles. The molecule has 1 unspecified atom stereocenters. The second-order valence-corrected chi connectivity index (χ2v) is 7.59. The Kier molecular flexibility index (Phi) is 3.62. The lowest BCUT2D eigenvalue weighted by atomic mass is 9.99. The quantitative estimate of drug-likeness (QED) is 0.889. The number of hydrogen-bond acceptors (Lipinski definition) is 4. The first-order chi connectivity index (χ1) is 11.1. The lowest BCUT2D eigenvalue weighted by molar-refractivity contribution is 0.0934. The van der Waals surface area contributed by atoms with Crippen molar-refractivity contribution in [2.75, 3.05) is 11.9 Å². The maximum atomic E-state index is 12.7. The van der Waals surface area contributed by atoms with E-state index in [1.165, 1.54) is 10.4 Å². The summed E-state index contributed by atoms with van der Waals surface area (Å²) in [5.74, 6) is 0.0584. The van der Waals surface area contributed by atoms with E-state index in [1.54, 1.807) is 11.3 Å². The van der Waals surface area contributed by atoms with Crippen LogP contribution in [-0.2, 0) is 13.0 Å². The van der Waals surface area contributed by atoms with Crippen molar-refractivity contribution in [3.05, 3.63) is 51.9 Å². The van der Waals surface area contributed by atoms with Crippen LogP contribution in [0.3, 0.4) is 0 Å². The van der Waals surface area contributed by atoms with E-state index in [9.17, 15) is 4.79 Å². The molecule has 1 atom stereocenters. The topological polar surface area (TPSA) is 44.4 Å². The molecular formula is C18H21N3OS. The number of benzene rings is 1. The fraction of sp³-hybridized carbons (Fsp3) is 0.389. The van der Waals surface area contributed by atoms with Crippen LogP contribution in [0, 0.1) is 0 Å². The third-order valence-electron chi connectivity index (χ3n) is 4.73. The van der Waals surface area contributed by atoms with Gasteiger partial charge in [-0.3, -0.25) is 9.69 Å². The van der Waals surface area contributed by atoms with Gasteiger partial charge in [0, 0.05) is 24.0 Å². The van der Waals surface area contributed by atoms with Crippen molar-refractivity contribution in [1.82, 2.24) is 10.2 Å². The van der Waals surface area contributed by atoms with Crippen molar-refractivity contribution >= 4 is 22.2 Å². The van der Waals surface area contributed by atoms with E-state index in [1.807, 2.05) is 30.3 Å². The highest BCUT2D eigenvalue weighted by molar-refractivity contribution is 7.16. The molecule has 1 amide bonds. The minimum absolute atomic E-state index is 0.0584. The van der Waals surface area contributed by atoms with Crippen molar-refractivity contribution in [1.29, 1.82) is 0 Å². The molecule has 2 aromatic rings. The van der Waals surface area contributed by atoms with E-state index in [2.05, 4.69) is 29.4 Å². The van der Waals surface area contributed by atoms with Crippen LogP contribution in [0.5, 0.6) is 0 Å². The van der Waals surface area contributed by atoms with E-state index in [-0.39, 0.29) is 12.1 Å². The second-order valence-electron chi connectivity index (χ2n) is 6.48. The predicted octanol–water partition coefficient (Wildman–Crippen LogP) is 3.37. The number of anilines is 1. The Morgan fingerprint density at radius 3 is 2.74 bits per heavy atom.